The summed E-state index contributed by atoms with van der Waals surface area (Å²) in [6.45, 7) is 1.99. The van der Waals surface area contributed by atoms with E-state index in [0.717, 1.165) is 0 Å². The first kappa shape index (κ1) is 14.4. The van der Waals surface area contributed by atoms with E-state index in [4.69, 9.17) is 16.2 Å². The van der Waals surface area contributed by atoms with Crippen LogP contribution in [0.25, 0.3) is 0 Å². The summed E-state index contributed by atoms with van der Waals surface area (Å²) in [6.07, 6.45) is 1.88. The maximum absolute atomic E-state index is 13.2. The van der Waals surface area contributed by atoms with Crippen molar-refractivity contribution in [2.45, 2.75) is 31.7 Å². The molecule has 0 spiro atoms. The van der Waals surface area contributed by atoms with E-state index in [1.807, 2.05) is 0 Å². The van der Waals surface area contributed by atoms with E-state index >= 15 is 0 Å². The number of amides is 1. The summed E-state index contributed by atoms with van der Waals surface area (Å²) < 4.78 is 18.5. The number of benzene rings is 1. The molecule has 1 amide bonds. The second-order valence-electron chi connectivity index (χ2n) is 4.52. The lowest BCUT2D eigenvalue weighted by Crippen LogP contribution is -2.49. The van der Waals surface area contributed by atoms with Gasteiger partial charge in [-0.1, -0.05) is 12.1 Å². The van der Waals surface area contributed by atoms with Crippen LogP contribution in [0.5, 0.6) is 5.75 Å². The molecule has 1 unspecified atom stereocenters. The molecule has 100 valence electrons. The lowest BCUT2D eigenvalue weighted by molar-refractivity contribution is -0.122. The number of ether oxygens (including phenoxy) is 1. The van der Waals surface area contributed by atoms with Crippen molar-refractivity contribution in [3.63, 3.8) is 0 Å². The van der Waals surface area contributed by atoms with Crippen molar-refractivity contribution in [2.75, 3.05) is 6.61 Å². The molecule has 0 bridgehead atoms. The molecule has 0 saturated heterocycles. The second kappa shape index (κ2) is 6.35. The van der Waals surface area contributed by atoms with Gasteiger partial charge in [0, 0.05) is 0 Å². The Morgan fingerprint density at radius 3 is 2.67 bits per heavy atom. The van der Waals surface area contributed by atoms with E-state index in [2.05, 4.69) is 0 Å². The molecule has 1 rings (SSSR count). The Bertz CT molecular complexity index is 408. The van der Waals surface area contributed by atoms with Gasteiger partial charge >= 0.3 is 0 Å². The van der Waals surface area contributed by atoms with Crippen LogP contribution in [-0.2, 0) is 4.79 Å². The average molecular weight is 254 g/mol. The second-order valence-corrected chi connectivity index (χ2v) is 4.52. The molecule has 0 saturated carbocycles. The molecular formula is C13H19FN2O2. The minimum atomic E-state index is -0.988. The molecule has 0 radical (unpaired) electrons. The molecule has 0 aliphatic rings. The highest BCUT2D eigenvalue weighted by Crippen LogP contribution is 2.16. The quantitative estimate of drug-likeness (QED) is 0.725. The third-order valence-corrected chi connectivity index (χ3v) is 2.75. The summed E-state index contributed by atoms with van der Waals surface area (Å²) >= 11 is 0. The fraction of sp³-hybridized carbons (Fsp3) is 0.462. The fourth-order valence-corrected chi connectivity index (χ4v) is 1.46. The SMILES string of the molecule is CC(N)(CCCCOc1ccccc1F)C(N)=O. The van der Waals surface area contributed by atoms with Gasteiger partial charge in [-0.25, -0.2) is 4.39 Å². The molecule has 0 aliphatic carbocycles. The Labute approximate surface area is 106 Å². The molecule has 18 heavy (non-hydrogen) atoms. The summed E-state index contributed by atoms with van der Waals surface area (Å²) in [5.74, 6) is -0.654. The number of nitrogens with two attached hydrogens (primary N) is 2. The highest BCUT2D eigenvalue weighted by atomic mass is 19.1. The number of carbonyl (C=O) groups is 1. The summed E-state index contributed by atoms with van der Waals surface area (Å²) in [5.41, 5.74) is 9.86. The predicted molar refractivity (Wildman–Crippen MR) is 67.5 cm³/mol. The number of para-hydroxylation sites is 1. The van der Waals surface area contributed by atoms with Gasteiger partial charge in [0.1, 0.15) is 0 Å². The fourth-order valence-electron chi connectivity index (χ4n) is 1.46. The van der Waals surface area contributed by atoms with E-state index in [1.165, 1.54) is 6.07 Å². The predicted octanol–water partition coefficient (Wildman–Crippen LogP) is 1.58. The minimum Gasteiger partial charge on any atom is -0.491 e. The number of primary amides is 1. The molecule has 1 aromatic rings. The maximum Gasteiger partial charge on any atom is 0.237 e. The molecule has 0 aromatic heterocycles. The van der Waals surface area contributed by atoms with Crippen molar-refractivity contribution in [2.24, 2.45) is 11.5 Å². The highest BCUT2D eigenvalue weighted by molar-refractivity contribution is 5.83. The van der Waals surface area contributed by atoms with E-state index in [-0.39, 0.29) is 11.6 Å². The number of hydrogen-bond acceptors (Lipinski definition) is 3. The zero-order chi connectivity index (χ0) is 13.6. The van der Waals surface area contributed by atoms with E-state index in [9.17, 15) is 9.18 Å². The third kappa shape index (κ3) is 4.33. The van der Waals surface area contributed by atoms with Crippen LogP contribution in [0.2, 0.25) is 0 Å². The molecule has 4 nitrogen and oxygen atoms in total. The van der Waals surface area contributed by atoms with Gasteiger partial charge in [0.25, 0.3) is 0 Å². The van der Waals surface area contributed by atoms with Crippen LogP contribution < -0.4 is 16.2 Å². The van der Waals surface area contributed by atoms with Crippen LogP contribution in [0.1, 0.15) is 26.2 Å². The van der Waals surface area contributed by atoms with Gasteiger partial charge in [0.2, 0.25) is 5.91 Å². The van der Waals surface area contributed by atoms with Crippen LogP contribution in [-0.4, -0.2) is 18.1 Å². The van der Waals surface area contributed by atoms with Crippen LogP contribution >= 0.6 is 0 Å². The van der Waals surface area contributed by atoms with Crippen LogP contribution in [0.3, 0.4) is 0 Å². The van der Waals surface area contributed by atoms with Gasteiger partial charge in [-0.2, -0.15) is 0 Å². The number of hydrogen-bond donors (Lipinski definition) is 2. The number of carbonyl (C=O) groups excluding carboxylic acids is 1. The Morgan fingerprint density at radius 1 is 1.39 bits per heavy atom. The van der Waals surface area contributed by atoms with Crippen LogP contribution in [0.4, 0.5) is 4.39 Å². The van der Waals surface area contributed by atoms with Gasteiger partial charge < -0.3 is 16.2 Å². The van der Waals surface area contributed by atoms with Crippen LogP contribution in [0, 0.1) is 5.82 Å². The first-order chi connectivity index (χ1) is 8.43. The van der Waals surface area contributed by atoms with Gasteiger partial charge in [-0.15, -0.1) is 0 Å². The number of rotatable bonds is 7. The zero-order valence-corrected chi connectivity index (χ0v) is 10.5. The van der Waals surface area contributed by atoms with Gasteiger partial charge in [-0.3, -0.25) is 4.79 Å². The monoisotopic (exact) mass is 254 g/mol. The van der Waals surface area contributed by atoms with E-state index in [1.54, 1.807) is 25.1 Å². The molecular weight excluding hydrogens is 235 g/mol. The lowest BCUT2D eigenvalue weighted by atomic mass is 9.96. The first-order valence-corrected chi connectivity index (χ1v) is 5.89. The summed E-state index contributed by atoms with van der Waals surface area (Å²) in [4.78, 5) is 11.0. The molecule has 0 fully saturated rings. The molecule has 1 atom stereocenters. The number of halogens is 1. The van der Waals surface area contributed by atoms with Crippen molar-refractivity contribution in [3.8, 4) is 5.75 Å². The van der Waals surface area contributed by atoms with Crippen molar-refractivity contribution < 1.29 is 13.9 Å². The summed E-state index contributed by atoms with van der Waals surface area (Å²) in [5, 5.41) is 0. The van der Waals surface area contributed by atoms with Crippen molar-refractivity contribution >= 4 is 5.91 Å². The zero-order valence-electron chi connectivity index (χ0n) is 10.5. The van der Waals surface area contributed by atoms with Gasteiger partial charge in [0.15, 0.2) is 11.6 Å². The van der Waals surface area contributed by atoms with E-state index in [0.29, 0.717) is 25.9 Å². The lowest BCUT2D eigenvalue weighted by Gasteiger charge is -2.19. The molecule has 1 aromatic carbocycles. The summed E-state index contributed by atoms with van der Waals surface area (Å²) in [7, 11) is 0. The molecule has 0 heterocycles. The number of unbranched alkanes of at least 4 members (excludes halogenated alkanes) is 1. The smallest absolute Gasteiger partial charge is 0.237 e. The Kier molecular flexibility index (Phi) is 5.09. The maximum atomic E-state index is 13.2. The van der Waals surface area contributed by atoms with Gasteiger partial charge in [-0.05, 0) is 38.3 Å². The van der Waals surface area contributed by atoms with Gasteiger partial charge in [0.05, 0.1) is 12.1 Å². The standard InChI is InChI=1S/C13H19FN2O2/c1-13(16,12(15)17)8-4-5-9-18-11-7-3-2-6-10(11)14/h2-3,6-7H,4-5,8-9,16H2,1H3,(H2,15,17). The molecule has 4 N–H and O–H groups in total. The average Bonchev–Trinajstić information content (AvgIpc) is 2.30. The molecule has 0 aliphatic heterocycles. The minimum absolute atomic E-state index is 0.239. The normalized spacial score (nSPS) is 13.9. The largest absolute Gasteiger partial charge is 0.491 e. The van der Waals surface area contributed by atoms with Crippen molar-refractivity contribution in [3.05, 3.63) is 30.1 Å². The Balaban J connectivity index is 2.24. The van der Waals surface area contributed by atoms with E-state index < -0.39 is 11.4 Å². The Hall–Kier alpha value is -1.62. The highest BCUT2D eigenvalue weighted by Gasteiger charge is 2.24. The first-order valence-electron chi connectivity index (χ1n) is 5.89. The Morgan fingerprint density at radius 2 is 2.06 bits per heavy atom. The summed E-state index contributed by atoms with van der Waals surface area (Å²) in [6, 6.07) is 6.24. The topological polar surface area (TPSA) is 78.3 Å². The van der Waals surface area contributed by atoms with Crippen LogP contribution in [0.15, 0.2) is 24.3 Å². The third-order valence-electron chi connectivity index (χ3n) is 2.75. The van der Waals surface area contributed by atoms with Crippen molar-refractivity contribution in [1.82, 2.24) is 0 Å². The van der Waals surface area contributed by atoms with Crippen molar-refractivity contribution in [1.29, 1.82) is 0 Å². The molecule has 5 heteroatoms.